The predicted octanol–water partition coefficient (Wildman–Crippen LogP) is 5.32. The molecular formula is C30H34N2O2. The summed E-state index contributed by atoms with van der Waals surface area (Å²) >= 11 is 0. The van der Waals surface area contributed by atoms with E-state index in [1.807, 2.05) is 50.3 Å². The van der Waals surface area contributed by atoms with Gasteiger partial charge < -0.3 is 15.7 Å². The van der Waals surface area contributed by atoms with Gasteiger partial charge in [-0.2, -0.15) is 0 Å². The largest absolute Gasteiger partial charge is 0.396 e. The average Bonchev–Trinajstić information content (AvgIpc) is 2.85. The molecule has 0 aliphatic carbocycles. The van der Waals surface area contributed by atoms with Crippen molar-refractivity contribution in [3.05, 3.63) is 96.1 Å². The molecule has 1 amide bonds. The second-order valence-electron chi connectivity index (χ2n) is 8.94. The third-order valence-corrected chi connectivity index (χ3v) is 5.91. The topological polar surface area (TPSA) is 61.4 Å². The van der Waals surface area contributed by atoms with Gasteiger partial charge in [0.2, 0.25) is 5.91 Å². The van der Waals surface area contributed by atoms with E-state index in [1.54, 1.807) is 6.08 Å². The number of fused-ring (bicyclic) bond motifs is 1. The molecule has 0 aromatic heterocycles. The average molecular weight is 455 g/mol. The van der Waals surface area contributed by atoms with Crippen molar-refractivity contribution < 1.29 is 9.90 Å². The molecule has 176 valence electrons. The summed E-state index contributed by atoms with van der Waals surface area (Å²) in [6.07, 6.45) is 4.22. The van der Waals surface area contributed by atoms with Gasteiger partial charge in [-0.3, -0.25) is 4.79 Å². The van der Waals surface area contributed by atoms with E-state index in [0.29, 0.717) is 13.0 Å². The summed E-state index contributed by atoms with van der Waals surface area (Å²) in [5.74, 6) is 5.92. The molecule has 3 N–H and O–H groups in total. The molecule has 0 aliphatic heterocycles. The van der Waals surface area contributed by atoms with Crippen molar-refractivity contribution in [1.29, 1.82) is 0 Å². The van der Waals surface area contributed by atoms with Gasteiger partial charge in [0.1, 0.15) is 5.41 Å². The number of nitrogens with one attached hydrogen (secondary N) is 2. The summed E-state index contributed by atoms with van der Waals surface area (Å²) < 4.78 is 0. The predicted molar refractivity (Wildman–Crippen MR) is 140 cm³/mol. The lowest BCUT2D eigenvalue weighted by molar-refractivity contribution is -0.127. The third kappa shape index (κ3) is 6.81. The molecule has 4 heteroatoms. The maximum Gasteiger partial charge on any atom is 0.238 e. The van der Waals surface area contributed by atoms with Crippen molar-refractivity contribution in [2.75, 3.05) is 13.2 Å². The van der Waals surface area contributed by atoms with Crippen LogP contribution in [0.1, 0.15) is 50.4 Å². The summed E-state index contributed by atoms with van der Waals surface area (Å²) in [6, 6.07) is 24.4. The van der Waals surface area contributed by atoms with E-state index in [4.69, 9.17) is 0 Å². The molecule has 0 heterocycles. The Morgan fingerprint density at radius 3 is 2.50 bits per heavy atom. The highest BCUT2D eigenvalue weighted by Gasteiger charge is 2.27. The van der Waals surface area contributed by atoms with Crippen LogP contribution in [-0.4, -0.2) is 24.2 Å². The fourth-order valence-corrected chi connectivity index (χ4v) is 3.85. The van der Waals surface area contributed by atoms with Crippen molar-refractivity contribution in [1.82, 2.24) is 10.6 Å². The van der Waals surface area contributed by atoms with E-state index in [9.17, 15) is 9.90 Å². The van der Waals surface area contributed by atoms with E-state index in [1.165, 1.54) is 16.3 Å². The highest BCUT2D eigenvalue weighted by Crippen LogP contribution is 2.24. The minimum absolute atomic E-state index is 0.00111. The number of carbonyl (C=O) groups is 1. The maximum absolute atomic E-state index is 12.9. The Labute approximate surface area is 203 Å². The standard InChI is InChI=1S/C30H34N2O2/c1-23(26-18-12-16-24-13-8-9-17-27(24)26)31-21-11-5-10-20-30(2,3)29(34)32-28(19-22-33)25-14-6-4-7-15-25/h4-9,11-18,23,28,31,33H,19,21-22H2,1-3H3,(H,32,34)/t23-,28?/m1/s1. The molecule has 0 saturated carbocycles. The van der Waals surface area contributed by atoms with E-state index >= 15 is 0 Å². The van der Waals surface area contributed by atoms with Crippen molar-refractivity contribution in [3.63, 3.8) is 0 Å². The fraction of sp³-hybridized carbons (Fsp3) is 0.300. The molecule has 3 aromatic rings. The highest BCUT2D eigenvalue weighted by atomic mass is 16.3. The van der Waals surface area contributed by atoms with Gasteiger partial charge in [0.15, 0.2) is 0 Å². The van der Waals surface area contributed by atoms with Crippen LogP contribution in [0.4, 0.5) is 0 Å². The number of amides is 1. The number of aliphatic hydroxyl groups excluding tert-OH is 1. The lowest BCUT2D eigenvalue weighted by Gasteiger charge is -2.23. The molecule has 0 radical (unpaired) electrons. The number of benzene rings is 3. The number of hydrogen-bond acceptors (Lipinski definition) is 3. The van der Waals surface area contributed by atoms with E-state index in [2.05, 4.69) is 71.9 Å². The molecule has 34 heavy (non-hydrogen) atoms. The van der Waals surface area contributed by atoms with Crippen LogP contribution in [0, 0.1) is 17.3 Å². The van der Waals surface area contributed by atoms with Crippen LogP contribution >= 0.6 is 0 Å². The number of rotatable bonds is 9. The molecule has 0 bridgehead atoms. The summed E-state index contributed by atoms with van der Waals surface area (Å²) in [6.45, 7) is 6.46. The van der Waals surface area contributed by atoms with Gasteiger partial charge >= 0.3 is 0 Å². The van der Waals surface area contributed by atoms with Gasteiger partial charge in [0.25, 0.3) is 0 Å². The van der Waals surface area contributed by atoms with Crippen LogP contribution in [0.25, 0.3) is 10.8 Å². The van der Waals surface area contributed by atoms with Crippen LogP contribution in [0.2, 0.25) is 0 Å². The van der Waals surface area contributed by atoms with Gasteiger partial charge in [-0.05, 0) is 55.2 Å². The van der Waals surface area contributed by atoms with Crippen LogP contribution in [0.5, 0.6) is 0 Å². The van der Waals surface area contributed by atoms with Gasteiger partial charge in [0, 0.05) is 19.2 Å². The number of carbonyl (C=O) groups excluding carboxylic acids is 1. The summed E-state index contributed by atoms with van der Waals surface area (Å²) in [4.78, 5) is 12.9. The van der Waals surface area contributed by atoms with E-state index in [0.717, 1.165) is 5.56 Å². The van der Waals surface area contributed by atoms with Gasteiger partial charge in [-0.1, -0.05) is 90.7 Å². The SMILES string of the molecule is C[C@@H](NCC=CC#CC(C)(C)C(=O)NC(CCO)c1ccccc1)c1cccc2ccccc12. The first-order valence-electron chi connectivity index (χ1n) is 11.8. The molecular weight excluding hydrogens is 420 g/mol. The Kier molecular flexibility index (Phi) is 9.04. The second-order valence-corrected chi connectivity index (χ2v) is 8.94. The van der Waals surface area contributed by atoms with Crippen LogP contribution in [0.3, 0.4) is 0 Å². The molecule has 4 nitrogen and oxygen atoms in total. The number of allylic oxidation sites excluding steroid dienone is 1. The van der Waals surface area contributed by atoms with Crippen LogP contribution in [0.15, 0.2) is 84.9 Å². The minimum Gasteiger partial charge on any atom is -0.396 e. The Hall–Kier alpha value is -3.39. The van der Waals surface area contributed by atoms with Crippen molar-refractivity contribution in [3.8, 4) is 11.8 Å². The Balaban J connectivity index is 1.55. The molecule has 1 unspecified atom stereocenters. The van der Waals surface area contributed by atoms with E-state index in [-0.39, 0.29) is 24.6 Å². The molecule has 0 aliphatic rings. The first-order chi connectivity index (χ1) is 16.4. The molecule has 0 saturated heterocycles. The first kappa shape index (κ1) is 25.2. The van der Waals surface area contributed by atoms with E-state index < -0.39 is 5.41 Å². The lowest BCUT2D eigenvalue weighted by Crippen LogP contribution is -2.38. The molecule has 0 fully saturated rings. The normalized spacial score (nSPS) is 13.3. The monoisotopic (exact) mass is 454 g/mol. The zero-order chi connectivity index (χ0) is 24.4. The third-order valence-electron chi connectivity index (χ3n) is 5.91. The summed E-state index contributed by atoms with van der Waals surface area (Å²) in [7, 11) is 0. The highest BCUT2D eigenvalue weighted by molar-refractivity contribution is 5.86. The molecule has 2 atom stereocenters. The Morgan fingerprint density at radius 2 is 1.74 bits per heavy atom. The Morgan fingerprint density at radius 1 is 1.03 bits per heavy atom. The smallest absolute Gasteiger partial charge is 0.238 e. The number of aliphatic hydroxyl groups is 1. The zero-order valence-electron chi connectivity index (χ0n) is 20.2. The fourth-order valence-electron chi connectivity index (χ4n) is 3.85. The zero-order valence-corrected chi connectivity index (χ0v) is 20.2. The van der Waals surface area contributed by atoms with Crippen molar-refractivity contribution >= 4 is 16.7 Å². The Bertz CT molecular complexity index is 1170. The summed E-state index contributed by atoms with van der Waals surface area (Å²) in [5.41, 5.74) is 1.39. The second kappa shape index (κ2) is 12.2. The van der Waals surface area contributed by atoms with Crippen molar-refractivity contribution in [2.45, 2.75) is 39.3 Å². The molecule has 3 rings (SSSR count). The number of hydrogen-bond donors (Lipinski definition) is 3. The van der Waals surface area contributed by atoms with Crippen LogP contribution < -0.4 is 10.6 Å². The van der Waals surface area contributed by atoms with Gasteiger partial charge in [0.05, 0.1) is 6.04 Å². The van der Waals surface area contributed by atoms with Gasteiger partial charge in [-0.25, -0.2) is 0 Å². The molecule has 3 aromatic carbocycles. The maximum atomic E-state index is 12.9. The van der Waals surface area contributed by atoms with Crippen LogP contribution in [-0.2, 0) is 4.79 Å². The van der Waals surface area contributed by atoms with Crippen molar-refractivity contribution in [2.24, 2.45) is 5.41 Å². The minimum atomic E-state index is -0.851. The first-order valence-corrected chi connectivity index (χ1v) is 11.8. The lowest BCUT2D eigenvalue weighted by atomic mass is 9.92. The molecule has 0 spiro atoms. The summed E-state index contributed by atoms with van der Waals surface area (Å²) in [5, 5.41) is 18.5. The quantitative estimate of drug-likeness (QED) is 0.384. The van der Waals surface area contributed by atoms with Gasteiger partial charge in [-0.15, -0.1) is 0 Å².